The van der Waals surface area contributed by atoms with Crippen molar-refractivity contribution in [2.24, 2.45) is 5.41 Å². The fraction of sp³-hybridized carbons (Fsp3) is 0.588. The summed E-state index contributed by atoms with van der Waals surface area (Å²) in [7, 11) is 0. The third-order valence-electron chi connectivity index (χ3n) is 4.61. The summed E-state index contributed by atoms with van der Waals surface area (Å²) in [4.78, 5) is 13.9. The normalized spacial score (nSPS) is 18.6. The molecule has 0 saturated carbocycles. The summed E-state index contributed by atoms with van der Waals surface area (Å²) in [5, 5.41) is 18.6. The van der Waals surface area contributed by atoms with E-state index in [4.69, 9.17) is 5.11 Å². The number of likely N-dealkylation sites (tertiary alicyclic amines) is 1. The molecule has 0 aliphatic carbocycles. The van der Waals surface area contributed by atoms with Crippen molar-refractivity contribution < 1.29 is 15.0 Å². The van der Waals surface area contributed by atoms with Gasteiger partial charge in [0.1, 0.15) is 0 Å². The second-order valence-electron chi connectivity index (χ2n) is 6.09. The number of benzene rings is 1. The lowest BCUT2D eigenvalue weighted by Gasteiger charge is -2.38. The molecule has 0 radical (unpaired) electrons. The highest BCUT2D eigenvalue weighted by atomic mass is 16.4. The predicted octanol–water partition coefficient (Wildman–Crippen LogP) is 2.65. The molecule has 1 saturated heterocycles. The number of carboxylic acids is 1. The maximum absolute atomic E-state index is 11.6. The number of hydrogen-bond acceptors (Lipinski definition) is 3. The Balaban J connectivity index is 1.92. The van der Waals surface area contributed by atoms with E-state index in [1.54, 1.807) is 0 Å². The zero-order chi connectivity index (χ0) is 15.3. The lowest BCUT2D eigenvalue weighted by Crippen LogP contribution is -2.44. The van der Waals surface area contributed by atoms with Gasteiger partial charge in [0, 0.05) is 6.54 Å². The first-order valence-electron chi connectivity index (χ1n) is 7.74. The van der Waals surface area contributed by atoms with Crippen LogP contribution in [-0.4, -0.2) is 34.2 Å². The maximum atomic E-state index is 11.6. The van der Waals surface area contributed by atoms with Crippen LogP contribution in [0.4, 0.5) is 0 Å². The predicted molar refractivity (Wildman–Crippen MR) is 81.9 cm³/mol. The molecule has 0 spiro atoms. The number of carbonyl (C=O) groups is 1. The highest BCUT2D eigenvalue weighted by Gasteiger charge is 2.40. The first-order valence-corrected chi connectivity index (χ1v) is 7.74. The van der Waals surface area contributed by atoms with Crippen molar-refractivity contribution in [3.63, 3.8) is 0 Å². The molecule has 1 aliphatic heterocycles. The molecule has 2 rings (SSSR count). The number of carboxylic acid groups (broad SMARTS) is 1. The van der Waals surface area contributed by atoms with E-state index in [-0.39, 0.29) is 6.61 Å². The molecule has 1 aromatic carbocycles. The van der Waals surface area contributed by atoms with Gasteiger partial charge in [-0.1, -0.05) is 37.6 Å². The van der Waals surface area contributed by atoms with Crippen molar-refractivity contribution in [3.8, 4) is 0 Å². The van der Waals surface area contributed by atoms with Gasteiger partial charge in [0.2, 0.25) is 0 Å². The zero-order valence-corrected chi connectivity index (χ0v) is 12.7. The van der Waals surface area contributed by atoms with Crippen molar-refractivity contribution in [1.29, 1.82) is 0 Å². The Bertz CT molecular complexity index is 461. The standard InChI is InChI=1S/C17H25NO3/c1-2-7-17(16(20)21)8-10-18(11-9-17)12-14-3-5-15(13-19)6-4-14/h3-6,19H,2,7-13H2,1H3,(H,20,21). The number of hydrogen-bond donors (Lipinski definition) is 2. The molecule has 2 N–H and O–H groups in total. The fourth-order valence-electron chi connectivity index (χ4n) is 3.20. The van der Waals surface area contributed by atoms with Crippen molar-refractivity contribution in [2.75, 3.05) is 13.1 Å². The lowest BCUT2D eigenvalue weighted by atomic mass is 9.75. The molecular weight excluding hydrogens is 266 g/mol. The van der Waals surface area contributed by atoms with E-state index in [1.807, 2.05) is 24.3 Å². The molecule has 0 aromatic heterocycles. The number of nitrogens with zero attached hydrogens (tertiary/aromatic N) is 1. The molecule has 116 valence electrons. The largest absolute Gasteiger partial charge is 0.481 e. The number of aliphatic hydroxyl groups excluding tert-OH is 1. The number of piperidine rings is 1. The van der Waals surface area contributed by atoms with E-state index in [0.29, 0.717) is 0 Å². The van der Waals surface area contributed by atoms with E-state index in [1.165, 1.54) is 5.56 Å². The SMILES string of the molecule is CCCC1(C(=O)O)CCN(Cc2ccc(CO)cc2)CC1. The minimum absolute atomic E-state index is 0.0716. The van der Waals surface area contributed by atoms with Crippen LogP contribution in [0.3, 0.4) is 0 Å². The first-order chi connectivity index (χ1) is 10.1. The van der Waals surface area contributed by atoms with Crippen LogP contribution in [0.2, 0.25) is 0 Å². The highest BCUT2D eigenvalue weighted by Crippen LogP contribution is 2.36. The third kappa shape index (κ3) is 3.83. The Labute approximate surface area is 126 Å². The van der Waals surface area contributed by atoms with Crippen molar-refractivity contribution in [2.45, 2.75) is 45.8 Å². The molecule has 21 heavy (non-hydrogen) atoms. The maximum Gasteiger partial charge on any atom is 0.309 e. The molecule has 1 aromatic rings. The monoisotopic (exact) mass is 291 g/mol. The minimum atomic E-state index is -0.628. The fourth-order valence-corrected chi connectivity index (χ4v) is 3.20. The van der Waals surface area contributed by atoms with Crippen LogP contribution < -0.4 is 0 Å². The second kappa shape index (κ2) is 7.05. The summed E-state index contributed by atoms with van der Waals surface area (Å²) in [6, 6.07) is 7.96. The molecule has 0 unspecified atom stereocenters. The van der Waals surface area contributed by atoms with E-state index in [0.717, 1.165) is 50.9 Å². The van der Waals surface area contributed by atoms with E-state index >= 15 is 0 Å². The second-order valence-corrected chi connectivity index (χ2v) is 6.09. The Hall–Kier alpha value is -1.39. The first kappa shape index (κ1) is 16.0. The van der Waals surface area contributed by atoms with Gasteiger partial charge in [0.25, 0.3) is 0 Å². The summed E-state index contributed by atoms with van der Waals surface area (Å²) < 4.78 is 0. The van der Waals surface area contributed by atoms with Crippen molar-refractivity contribution in [3.05, 3.63) is 35.4 Å². The molecule has 1 fully saturated rings. The van der Waals surface area contributed by atoms with Crippen LogP contribution in [0.1, 0.15) is 43.7 Å². The van der Waals surface area contributed by atoms with Crippen molar-refractivity contribution in [1.82, 2.24) is 4.90 Å². The number of aliphatic carboxylic acids is 1. The molecule has 1 heterocycles. The van der Waals surface area contributed by atoms with Gasteiger partial charge >= 0.3 is 5.97 Å². The minimum Gasteiger partial charge on any atom is -0.481 e. The lowest BCUT2D eigenvalue weighted by molar-refractivity contribution is -0.152. The Kier molecular flexibility index (Phi) is 5.37. The van der Waals surface area contributed by atoms with Crippen LogP contribution in [0.15, 0.2) is 24.3 Å². The van der Waals surface area contributed by atoms with Crippen LogP contribution in [0.25, 0.3) is 0 Å². The van der Waals surface area contributed by atoms with E-state index < -0.39 is 11.4 Å². The summed E-state index contributed by atoms with van der Waals surface area (Å²) >= 11 is 0. The molecule has 0 amide bonds. The topological polar surface area (TPSA) is 60.8 Å². The quantitative estimate of drug-likeness (QED) is 0.846. The van der Waals surface area contributed by atoms with Crippen LogP contribution in [0, 0.1) is 5.41 Å². The summed E-state index contributed by atoms with van der Waals surface area (Å²) in [5.74, 6) is -0.628. The number of rotatable bonds is 6. The zero-order valence-electron chi connectivity index (χ0n) is 12.7. The molecule has 0 atom stereocenters. The van der Waals surface area contributed by atoms with Gasteiger partial charge in [-0.3, -0.25) is 9.69 Å². The summed E-state index contributed by atoms with van der Waals surface area (Å²) in [5.41, 5.74) is 1.63. The molecule has 1 aliphatic rings. The average Bonchev–Trinajstić information content (AvgIpc) is 2.50. The Morgan fingerprint density at radius 1 is 1.19 bits per heavy atom. The average molecular weight is 291 g/mol. The van der Waals surface area contributed by atoms with Crippen molar-refractivity contribution >= 4 is 5.97 Å². The number of aliphatic hydroxyl groups is 1. The molecule has 4 heteroatoms. The third-order valence-corrected chi connectivity index (χ3v) is 4.61. The van der Waals surface area contributed by atoms with Crippen LogP contribution in [0.5, 0.6) is 0 Å². The van der Waals surface area contributed by atoms with Crippen LogP contribution in [-0.2, 0) is 17.9 Å². The van der Waals surface area contributed by atoms with E-state index in [2.05, 4.69) is 11.8 Å². The van der Waals surface area contributed by atoms with Gasteiger partial charge < -0.3 is 10.2 Å². The van der Waals surface area contributed by atoms with E-state index in [9.17, 15) is 9.90 Å². The summed E-state index contributed by atoms with van der Waals surface area (Å²) in [6.45, 7) is 4.66. The van der Waals surface area contributed by atoms with Gasteiger partial charge in [0.15, 0.2) is 0 Å². The van der Waals surface area contributed by atoms with Crippen LogP contribution >= 0.6 is 0 Å². The van der Waals surface area contributed by atoms with Gasteiger partial charge in [-0.05, 0) is 43.5 Å². The highest BCUT2D eigenvalue weighted by molar-refractivity contribution is 5.74. The molecule has 0 bridgehead atoms. The molecule has 4 nitrogen and oxygen atoms in total. The molecular formula is C17H25NO3. The van der Waals surface area contributed by atoms with Gasteiger partial charge in [0.05, 0.1) is 12.0 Å². The van der Waals surface area contributed by atoms with Gasteiger partial charge in [-0.2, -0.15) is 0 Å². The summed E-state index contributed by atoms with van der Waals surface area (Å²) in [6.07, 6.45) is 3.19. The Morgan fingerprint density at radius 2 is 1.76 bits per heavy atom. The smallest absolute Gasteiger partial charge is 0.309 e. The Morgan fingerprint density at radius 3 is 2.24 bits per heavy atom. The van der Waals surface area contributed by atoms with Gasteiger partial charge in [-0.25, -0.2) is 0 Å². The van der Waals surface area contributed by atoms with Gasteiger partial charge in [-0.15, -0.1) is 0 Å².